The number of rotatable bonds is 1. The van der Waals surface area contributed by atoms with Gasteiger partial charge in [0, 0.05) is 5.88 Å². The van der Waals surface area contributed by atoms with E-state index >= 15 is 0 Å². The summed E-state index contributed by atoms with van der Waals surface area (Å²) < 4.78 is 0. The minimum Gasteiger partial charge on any atom is -0.122 e. The molecule has 0 atom stereocenters. The van der Waals surface area contributed by atoms with Crippen molar-refractivity contribution in [2.45, 2.75) is 19.7 Å². The minimum absolute atomic E-state index is 0.590. The molecule has 0 unspecified atom stereocenters. The summed E-state index contributed by atoms with van der Waals surface area (Å²) in [6, 6.07) is 10.8. The first kappa shape index (κ1) is 9.54. The molecule has 0 N–H and O–H groups in total. The molecule has 0 fully saturated rings. The van der Waals surface area contributed by atoms with Crippen molar-refractivity contribution < 1.29 is 0 Å². The van der Waals surface area contributed by atoms with Crippen molar-refractivity contribution in [2.75, 3.05) is 0 Å². The van der Waals surface area contributed by atoms with Gasteiger partial charge in [-0.2, -0.15) is 0 Å². The van der Waals surface area contributed by atoms with Crippen molar-refractivity contribution in [1.29, 1.82) is 0 Å². The molecule has 0 nitrogen and oxygen atoms in total. The summed E-state index contributed by atoms with van der Waals surface area (Å²) in [6.45, 7) is 4.22. The summed E-state index contributed by atoms with van der Waals surface area (Å²) in [5, 5.41) is 2.57. The largest absolute Gasteiger partial charge is 0.122 e. The van der Waals surface area contributed by atoms with Crippen LogP contribution in [0.15, 0.2) is 30.3 Å². The van der Waals surface area contributed by atoms with E-state index in [1.165, 1.54) is 27.5 Å². The number of fused-ring (bicyclic) bond motifs is 1. The fourth-order valence-corrected chi connectivity index (χ4v) is 2.14. The summed E-state index contributed by atoms with van der Waals surface area (Å²) in [7, 11) is 0. The van der Waals surface area contributed by atoms with Crippen molar-refractivity contribution >= 4 is 22.4 Å². The van der Waals surface area contributed by atoms with Crippen LogP contribution < -0.4 is 0 Å². The first-order chi connectivity index (χ1) is 6.72. The predicted molar refractivity (Wildman–Crippen MR) is 63.0 cm³/mol. The molecule has 72 valence electrons. The van der Waals surface area contributed by atoms with Gasteiger partial charge < -0.3 is 0 Å². The second kappa shape index (κ2) is 3.62. The maximum atomic E-state index is 5.96. The van der Waals surface area contributed by atoms with Gasteiger partial charge >= 0.3 is 0 Å². The van der Waals surface area contributed by atoms with Gasteiger partial charge in [-0.3, -0.25) is 0 Å². The van der Waals surface area contributed by atoms with Crippen molar-refractivity contribution in [2.24, 2.45) is 0 Å². The Morgan fingerprint density at radius 2 is 1.79 bits per heavy atom. The number of halogens is 1. The van der Waals surface area contributed by atoms with E-state index in [0.29, 0.717) is 5.88 Å². The summed E-state index contributed by atoms with van der Waals surface area (Å²) in [5.74, 6) is 0.590. The van der Waals surface area contributed by atoms with Gasteiger partial charge in [0.2, 0.25) is 0 Å². The molecule has 0 aliphatic carbocycles. The van der Waals surface area contributed by atoms with Crippen LogP contribution in [-0.4, -0.2) is 0 Å². The van der Waals surface area contributed by atoms with Gasteiger partial charge in [-0.1, -0.05) is 35.9 Å². The Kier molecular flexibility index (Phi) is 2.47. The molecule has 0 saturated heterocycles. The fraction of sp³-hybridized carbons (Fsp3) is 0.231. The SMILES string of the molecule is Cc1ccc2ccc(C)c(CCl)c2c1. The molecular weight excluding hydrogens is 192 g/mol. The molecule has 0 aliphatic rings. The zero-order chi connectivity index (χ0) is 10.1. The summed E-state index contributed by atoms with van der Waals surface area (Å²) in [4.78, 5) is 0. The molecule has 0 aromatic heterocycles. The van der Waals surface area contributed by atoms with Crippen LogP contribution in [0.25, 0.3) is 10.8 Å². The van der Waals surface area contributed by atoms with Crippen LogP contribution in [0.1, 0.15) is 16.7 Å². The summed E-state index contributed by atoms with van der Waals surface area (Å²) in [6.07, 6.45) is 0. The van der Waals surface area contributed by atoms with Crippen molar-refractivity contribution in [3.63, 3.8) is 0 Å². The molecule has 2 rings (SSSR count). The monoisotopic (exact) mass is 204 g/mol. The summed E-state index contributed by atoms with van der Waals surface area (Å²) in [5.41, 5.74) is 3.82. The molecule has 0 aliphatic heterocycles. The van der Waals surface area contributed by atoms with Gasteiger partial charge in [-0.15, -0.1) is 11.6 Å². The molecule has 1 heteroatoms. The van der Waals surface area contributed by atoms with Crippen molar-refractivity contribution in [3.05, 3.63) is 47.0 Å². The lowest BCUT2D eigenvalue weighted by Gasteiger charge is -2.07. The molecule has 2 aromatic rings. The van der Waals surface area contributed by atoms with E-state index in [-0.39, 0.29) is 0 Å². The number of aryl methyl sites for hydroxylation is 2. The lowest BCUT2D eigenvalue weighted by Crippen LogP contribution is -1.88. The van der Waals surface area contributed by atoms with Crippen LogP contribution in [0.3, 0.4) is 0 Å². The maximum absolute atomic E-state index is 5.96. The van der Waals surface area contributed by atoms with E-state index in [1.807, 2.05) is 0 Å². The third-order valence-electron chi connectivity index (χ3n) is 2.66. The lowest BCUT2D eigenvalue weighted by molar-refractivity contribution is 1.33. The second-order valence-corrected chi connectivity index (χ2v) is 3.99. The zero-order valence-electron chi connectivity index (χ0n) is 8.47. The Hall–Kier alpha value is -1.01. The van der Waals surface area contributed by atoms with Crippen LogP contribution in [0.2, 0.25) is 0 Å². The van der Waals surface area contributed by atoms with Crippen LogP contribution in [0, 0.1) is 13.8 Å². The minimum atomic E-state index is 0.590. The Labute approximate surface area is 89.5 Å². The van der Waals surface area contributed by atoms with E-state index in [2.05, 4.69) is 44.2 Å². The predicted octanol–water partition coefficient (Wildman–Crippen LogP) is 4.20. The van der Waals surface area contributed by atoms with Crippen molar-refractivity contribution in [1.82, 2.24) is 0 Å². The molecule has 14 heavy (non-hydrogen) atoms. The van der Waals surface area contributed by atoms with Gasteiger partial charge in [-0.25, -0.2) is 0 Å². The maximum Gasteiger partial charge on any atom is 0.0482 e. The first-order valence-corrected chi connectivity index (χ1v) is 5.30. The van der Waals surface area contributed by atoms with Crippen LogP contribution in [0.4, 0.5) is 0 Å². The topological polar surface area (TPSA) is 0 Å². The standard InChI is InChI=1S/C13H13Cl/c1-9-3-5-11-6-4-10(2)13(8-14)12(11)7-9/h3-7H,8H2,1-2H3. The Morgan fingerprint density at radius 1 is 1.07 bits per heavy atom. The van der Waals surface area contributed by atoms with E-state index in [4.69, 9.17) is 11.6 Å². The molecular formula is C13H13Cl. The number of alkyl halides is 1. The third-order valence-corrected chi connectivity index (χ3v) is 2.92. The molecule has 0 saturated carbocycles. The third kappa shape index (κ3) is 1.51. The van der Waals surface area contributed by atoms with Crippen LogP contribution >= 0.6 is 11.6 Å². The van der Waals surface area contributed by atoms with Gasteiger partial charge in [0.15, 0.2) is 0 Å². The molecule has 0 bridgehead atoms. The Balaban J connectivity index is 2.84. The number of hydrogen-bond acceptors (Lipinski definition) is 0. The average Bonchev–Trinajstić information content (AvgIpc) is 2.17. The summed E-state index contributed by atoms with van der Waals surface area (Å²) >= 11 is 5.96. The van der Waals surface area contributed by atoms with Crippen LogP contribution in [0.5, 0.6) is 0 Å². The van der Waals surface area contributed by atoms with Crippen LogP contribution in [-0.2, 0) is 5.88 Å². The van der Waals surface area contributed by atoms with Crippen molar-refractivity contribution in [3.8, 4) is 0 Å². The normalized spacial score (nSPS) is 10.8. The van der Waals surface area contributed by atoms with E-state index in [0.717, 1.165) is 0 Å². The van der Waals surface area contributed by atoms with Gasteiger partial charge in [0.1, 0.15) is 0 Å². The Bertz CT molecular complexity index is 467. The highest BCUT2D eigenvalue weighted by Crippen LogP contribution is 2.24. The van der Waals surface area contributed by atoms with E-state index < -0.39 is 0 Å². The highest BCUT2D eigenvalue weighted by molar-refractivity contribution is 6.18. The molecule has 2 aromatic carbocycles. The molecule has 0 amide bonds. The smallest absolute Gasteiger partial charge is 0.0482 e. The first-order valence-electron chi connectivity index (χ1n) is 4.77. The Morgan fingerprint density at radius 3 is 2.50 bits per heavy atom. The van der Waals surface area contributed by atoms with Gasteiger partial charge in [0.25, 0.3) is 0 Å². The van der Waals surface area contributed by atoms with E-state index in [1.54, 1.807) is 0 Å². The fourth-order valence-electron chi connectivity index (χ4n) is 1.78. The highest BCUT2D eigenvalue weighted by Gasteiger charge is 2.03. The quantitative estimate of drug-likeness (QED) is 0.611. The molecule has 0 heterocycles. The lowest BCUT2D eigenvalue weighted by atomic mass is 9.99. The van der Waals surface area contributed by atoms with E-state index in [9.17, 15) is 0 Å². The highest BCUT2D eigenvalue weighted by atomic mass is 35.5. The zero-order valence-corrected chi connectivity index (χ0v) is 9.23. The second-order valence-electron chi connectivity index (χ2n) is 3.72. The number of benzene rings is 2. The molecule has 0 spiro atoms. The van der Waals surface area contributed by atoms with Gasteiger partial charge in [-0.05, 0) is 35.7 Å². The molecule has 0 radical (unpaired) electrons. The average molecular weight is 205 g/mol. The van der Waals surface area contributed by atoms with Gasteiger partial charge in [0.05, 0.1) is 0 Å². The number of hydrogen-bond donors (Lipinski definition) is 0.